The Bertz CT molecular complexity index is 653. The minimum Gasteiger partial charge on any atom is -0.489 e. The first kappa shape index (κ1) is 17.5. The van der Waals surface area contributed by atoms with Crippen molar-refractivity contribution in [3.63, 3.8) is 0 Å². The van der Waals surface area contributed by atoms with Gasteiger partial charge in [0.1, 0.15) is 29.8 Å². The smallest absolute Gasteiger partial charge is 0.134 e. The molecule has 2 atom stereocenters. The molecule has 2 heterocycles. The van der Waals surface area contributed by atoms with Crippen LogP contribution in [-0.2, 0) is 0 Å². The van der Waals surface area contributed by atoms with Crippen LogP contribution in [0.25, 0.3) is 0 Å². The molecule has 2 unspecified atom stereocenters. The highest BCUT2D eigenvalue weighted by atomic mass is 16.5. The Morgan fingerprint density at radius 1 is 1.32 bits per heavy atom. The van der Waals surface area contributed by atoms with E-state index in [-0.39, 0.29) is 12.7 Å². The lowest BCUT2D eigenvalue weighted by atomic mass is 9.99. The van der Waals surface area contributed by atoms with E-state index in [4.69, 9.17) is 4.74 Å². The van der Waals surface area contributed by atoms with Crippen molar-refractivity contribution in [1.29, 1.82) is 0 Å². The summed E-state index contributed by atoms with van der Waals surface area (Å²) in [5.41, 5.74) is 0. The standard InChI is InChI=1S/C19H26N4O2/c1-15(25-17-7-3-2-4-8-17)11-20-18-10-19(22-14-21-18)23-9-5-6-16(12-23)13-24/h2-4,7-8,10,14-16,24H,5-6,9,11-13H2,1H3,(H,20,21,22). The molecule has 0 radical (unpaired) electrons. The molecule has 1 fully saturated rings. The van der Waals surface area contributed by atoms with Crippen molar-refractivity contribution >= 4 is 11.6 Å². The monoisotopic (exact) mass is 342 g/mol. The van der Waals surface area contributed by atoms with Crippen LogP contribution in [0.15, 0.2) is 42.7 Å². The largest absolute Gasteiger partial charge is 0.489 e. The molecule has 2 N–H and O–H groups in total. The number of hydrogen-bond acceptors (Lipinski definition) is 6. The van der Waals surface area contributed by atoms with E-state index in [1.165, 1.54) is 0 Å². The molecule has 0 saturated carbocycles. The molecule has 0 spiro atoms. The maximum atomic E-state index is 9.39. The van der Waals surface area contributed by atoms with Crippen molar-refractivity contribution in [3.8, 4) is 5.75 Å². The number of anilines is 2. The van der Waals surface area contributed by atoms with E-state index in [1.54, 1.807) is 6.33 Å². The first-order valence-electron chi connectivity index (χ1n) is 8.88. The summed E-state index contributed by atoms with van der Waals surface area (Å²) in [6.45, 7) is 4.74. The Kier molecular flexibility index (Phi) is 6.06. The zero-order chi connectivity index (χ0) is 17.5. The number of aliphatic hydroxyl groups excluding tert-OH is 1. The highest BCUT2D eigenvalue weighted by molar-refractivity contribution is 5.48. The van der Waals surface area contributed by atoms with Crippen LogP contribution in [0.3, 0.4) is 0 Å². The van der Waals surface area contributed by atoms with Crippen LogP contribution in [0.2, 0.25) is 0 Å². The molecule has 0 bridgehead atoms. The second kappa shape index (κ2) is 8.67. The minimum absolute atomic E-state index is 0.0228. The van der Waals surface area contributed by atoms with E-state index in [1.807, 2.05) is 43.3 Å². The summed E-state index contributed by atoms with van der Waals surface area (Å²) in [7, 11) is 0. The van der Waals surface area contributed by atoms with E-state index in [2.05, 4.69) is 20.2 Å². The zero-order valence-corrected chi connectivity index (χ0v) is 14.6. The molecular weight excluding hydrogens is 316 g/mol. The summed E-state index contributed by atoms with van der Waals surface area (Å²) < 4.78 is 5.87. The first-order valence-corrected chi connectivity index (χ1v) is 8.88. The van der Waals surface area contributed by atoms with Gasteiger partial charge in [-0.25, -0.2) is 9.97 Å². The summed E-state index contributed by atoms with van der Waals surface area (Å²) in [6.07, 6.45) is 3.77. The molecule has 134 valence electrons. The van der Waals surface area contributed by atoms with Gasteiger partial charge in [0.15, 0.2) is 0 Å². The fourth-order valence-electron chi connectivity index (χ4n) is 3.06. The normalized spacial score (nSPS) is 18.6. The lowest BCUT2D eigenvalue weighted by Crippen LogP contribution is -2.37. The molecule has 3 rings (SSSR count). The Morgan fingerprint density at radius 2 is 2.16 bits per heavy atom. The molecule has 25 heavy (non-hydrogen) atoms. The van der Waals surface area contributed by atoms with E-state index < -0.39 is 0 Å². The van der Waals surface area contributed by atoms with Crippen molar-refractivity contribution in [2.75, 3.05) is 36.5 Å². The number of ether oxygens (including phenoxy) is 1. The fourth-order valence-corrected chi connectivity index (χ4v) is 3.06. The van der Waals surface area contributed by atoms with Gasteiger partial charge in [0.25, 0.3) is 0 Å². The highest BCUT2D eigenvalue weighted by Crippen LogP contribution is 2.22. The summed E-state index contributed by atoms with van der Waals surface area (Å²) in [5.74, 6) is 2.90. The average Bonchev–Trinajstić information content (AvgIpc) is 2.67. The molecular formula is C19H26N4O2. The Morgan fingerprint density at radius 3 is 2.96 bits per heavy atom. The van der Waals surface area contributed by atoms with Gasteiger partial charge in [0, 0.05) is 25.8 Å². The molecule has 1 saturated heterocycles. The molecule has 0 aliphatic carbocycles. The quantitative estimate of drug-likeness (QED) is 0.806. The Balaban J connectivity index is 1.54. The van der Waals surface area contributed by atoms with Gasteiger partial charge >= 0.3 is 0 Å². The van der Waals surface area contributed by atoms with Gasteiger partial charge in [0.05, 0.1) is 6.54 Å². The zero-order valence-electron chi connectivity index (χ0n) is 14.6. The van der Waals surface area contributed by atoms with Gasteiger partial charge in [-0.2, -0.15) is 0 Å². The number of nitrogens with one attached hydrogen (secondary N) is 1. The maximum absolute atomic E-state index is 9.39. The third-order valence-electron chi connectivity index (χ3n) is 4.40. The van der Waals surface area contributed by atoms with Crippen molar-refractivity contribution in [1.82, 2.24) is 9.97 Å². The SMILES string of the molecule is CC(CNc1cc(N2CCCC(CO)C2)ncn1)Oc1ccccc1. The number of rotatable bonds is 7. The van der Waals surface area contributed by atoms with Crippen LogP contribution in [-0.4, -0.2) is 47.4 Å². The van der Waals surface area contributed by atoms with E-state index in [9.17, 15) is 5.11 Å². The van der Waals surface area contributed by atoms with Gasteiger partial charge in [-0.05, 0) is 37.8 Å². The van der Waals surface area contributed by atoms with Crippen LogP contribution < -0.4 is 15.0 Å². The predicted molar refractivity (Wildman–Crippen MR) is 99.1 cm³/mol. The van der Waals surface area contributed by atoms with Crippen molar-refractivity contribution in [2.45, 2.75) is 25.9 Å². The predicted octanol–water partition coefficient (Wildman–Crippen LogP) is 2.56. The number of aliphatic hydroxyl groups is 1. The summed E-state index contributed by atoms with van der Waals surface area (Å²) in [5, 5.41) is 12.7. The highest BCUT2D eigenvalue weighted by Gasteiger charge is 2.20. The second-order valence-corrected chi connectivity index (χ2v) is 6.52. The second-order valence-electron chi connectivity index (χ2n) is 6.52. The van der Waals surface area contributed by atoms with Gasteiger partial charge in [-0.3, -0.25) is 0 Å². The topological polar surface area (TPSA) is 70.5 Å². The number of nitrogens with zero attached hydrogens (tertiary/aromatic N) is 3. The van der Waals surface area contributed by atoms with Gasteiger partial charge in [0.2, 0.25) is 0 Å². The van der Waals surface area contributed by atoms with Gasteiger partial charge in [-0.15, -0.1) is 0 Å². The first-order chi connectivity index (χ1) is 12.2. The molecule has 2 aromatic rings. The van der Waals surface area contributed by atoms with E-state index in [0.717, 1.165) is 43.3 Å². The molecule has 1 aromatic carbocycles. The van der Waals surface area contributed by atoms with Gasteiger partial charge in [-0.1, -0.05) is 18.2 Å². The maximum Gasteiger partial charge on any atom is 0.134 e. The third kappa shape index (κ3) is 5.06. The molecule has 6 nitrogen and oxygen atoms in total. The van der Waals surface area contributed by atoms with Crippen LogP contribution in [0.5, 0.6) is 5.75 Å². The van der Waals surface area contributed by atoms with Crippen LogP contribution in [0.1, 0.15) is 19.8 Å². The number of para-hydroxylation sites is 1. The number of hydrogen-bond donors (Lipinski definition) is 2. The summed E-state index contributed by atoms with van der Waals surface area (Å²) >= 11 is 0. The fraction of sp³-hybridized carbons (Fsp3) is 0.474. The number of piperidine rings is 1. The molecule has 1 aromatic heterocycles. The van der Waals surface area contributed by atoms with Crippen LogP contribution in [0.4, 0.5) is 11.6 Å². The summed E-state index contributed by atoms with van der Waals surface area (Å²) in [4.78, 5) is 10.9. The van der Waals surface area contributed by atoms with Crippen molar-refractivity contribution < 1.29 is 9.84 Å². The van der Waals surface area contributed by atoms with Crippen LogP contribution in [0, 0.1) is 5.92 Å². The number of benzene rings is 1. The molecule has 6 heteroatoms. The lowest BCUT2D eigenvalue weighted by Gasteiger charge is -2.32. The number of aromatic nitrogens is 2. The Labute approximate surface area is 148 Å². The van der Waals surface area contributed by atoms with Gasteiger partial charge < -0.3 is 20.1 Å². The molecule has 0 amide bonds. The van der Waals surface area contributed by atoms with Crippen molar-refractivity contribution in [3.05, 3.63) is 42.7 Å². The summed E-state index contributed by atoms with van der Waals surface area (Å²) in [6, 6.07) is 11.8. The van der Waals surface area contributed by atoms with E-state index in [0.29, 0.717) is 12.5 Å². The van der Waals surface area contributed by atoms with Crippen molar-refractivity contribution in [2.24, 2.45) is 5.92 Å². The third-order valence-corrected chi connectivity index (χ3v) is 4.40. The lowest BCUT2D eigenvalue weighted by molar-refractivity contribution is 0.208. The molecule has 1 aliphatic heterocycles. The van der Waals surface area contributed by atoms with E-state index >= 15 is 0 Å². The average molecular weight is 342 g/mol. The van der Waals surface area contributed by atoms with Crippen LogP contribution >= 0.6 is 0 Å². The molecule has 1 aliphatic rings. The minimum atomic E-state index is 0.0228. The Hall–Kier alpha value is -2.34.